The van der Waals surface area contributed by atoms with Gasteiger partial charge in [0, 0.05) is 11.3 Å². The van der Waals surface area contributed by atoms with Crippen molar-refractivity contribution in [1.29, 1.82) is 15.8 Å². The van der Waals surface area contributed by atoms with Crippen LogP contribution in [0.3, 0.4) is 0 Å². The third-order valence-electron chi connectivity index (χ3n) is 5.12. The second kappa shape index (κ2) is 5.18. The van der Waals surface area contributed by atoms with Gasteiger partial charge in [0.1, 0.15) is 18.2 Å². The van der Waals surface area contributed by atoms with Crippen molar-refractivity contribution < 1.29 is 0 Å². The number of nitrogens with zero attached hydrogens (tertiary/aromatic N) is 4. The van der Waals surface area contributed by atoms with Gasteiger partial charge < -0.3 is 4.90 Å². The highest BCUT2D eigenvalue weighted by Crippen LogP contribution is 2.52. The summed E-state index contributed by atoms with van der Waals surface area (Å²) in [5.74, 6) is 0. The lowest BCUT2D eigenvalue weighted by atomic mass is 9.93. The fraction of sp³-hybridized carbons (Fsp3) is 0.667. The van der Waals surface area contributed by atoms with E-state index in [2.05, 4.69) is 33.7 Å². The molecular weight excluding hydrogens is 296 g/mol. The average molecular weight is 312 g/mol. The number of fused-ring (bicyclic) bond motifs is 5. The van der Waals surface area contributed by atoms with Crippen molar-refractivity contribution in [2.75, 3.05) is 0 Å². The molecule has 0 amide bonds. The molecule has 3 heterocycles. The van der Waals surface area contributed by atoms with Crippen LogP contribution in [-0.4, -0.2) is 40.5 Å². The molecule has 3 fully saturated rings. The minimum absolute atomic E-state index is 0.0838. The Labute approximate surface area is 133 Å². The van der Waals surface area contributed by atoms with Gasteiger partial charge in [0.2, 0.25) is 0 Å². The lowest BCUT2D eigenvalue weighted by Gasteiger charge is -2.42. The van der Waals surface area contributed by atoms with Gasteiger partial charge in [-0.25, -0.2) is 0 Å². The van der Waals surface area contributed by atoms with Crippen molar-refractivity contribution in [3.8, 4) is 18.2 Å². The Morgan fingerprint density at radius 2 is 1.77 bits per heavy atom. The van der Waals surface area contributed by atoms with Gasteiger partial charge in [-0.1, -0.05) is 12.8 Å². The molecule has 2 saturated heterocycles. The zero-order valence-electron chi connectivity index (χ0n) is 12.0. The lowest BCUT2D eigenvalue weighted by Crippen LogP contribution is -2.68. The van der Waals surface area contributed by atoms with Crippen molar-refractivity contribution in [1.82, 2.24) is 15.5 Å². The summed E-state index contributed by atoms with van der Waals surface area (Å²) in [5.41, 5.74) is 0.730. The molecule has 2 N–H and O–H groups in total. The first-order valence-corrected chi connectivity index (χ1v) is 8.57. The van der Waals surface area contributed by atoms with E-state index in [1.165, 1.54) is 19.3 Å². The Kier molecular flexibility index (Phi) is 3.27. The third kappa shape index (κ3) is 1.79. The second-order valence-electron chi connectivity index (χ2n) is 6.22. The summed E-state index contributed by atoms with van der Waals surface area (Å²) in [6, 6.07) is 5.78. The van der Waals surface area contributed by atoms with Crippen molar-refractivity contribution in [3.05, 3.63) is 10.6 Å². The molecule has 22 heavy (non-hydrogen) atoms. The van der Waals surface area contributed by atoms with Crippen LogP contribution in [0.1, 0.15) is 25.7 Å². The number of hydrogen-bond acceptors (Lipinski definition) is 7. The van der Waals surface area contributed by atoms with Gasteiger partial charge in [0.25, 0.3) is 0 Å². The minimum Gasteiger partial charge on any atom is -0.344 e. The van der Waals surface area contributed by atoms with E-state index < -0.39 is 12.1 Å². The van der Waals surface area contributed by atoms with Crippen LogP contribution < -0.4 is 10.6 Å². The molecule has 0 aromatic rings. The summed E-state index contributed by atoms with van der Waals surface area (Å²) in [6.07, 6.45) is 4.74. The molecule has 6 nitrogen and oxygen atoms in total. The monoisotopic (exact) mass is 312 g/mol. The van der Waals surface area contributed by atoms with Crippen molar-refractivity contribution in [2.45, 2.75) is 61.3 Å². The first kappa shape index (κ1) is 13.9. The lowest BCUT2D eigenvalue weighted by molar-refractivity contribution is 0.118. The van der Waals surface area contributed by atoms with Crippen LogP contribution in [0.4, 0.5) is 0 Å². The molecule has 6 unspecified atom stereocenters. The highest BCUT2D eigenvalue weighted by molar-refractivity contribution is 8.04. The Morgan fingerprint density at radius 1 is 1.05 bits per heavy atom. The Balaban J connectivity index is 1.71. The predicted molar refractivity (Wildman–Crippen MR) is 80.8 cm³/mol. The number of piperazine rings is 1. The summed E-state index contributed by atoms with van der Waals surface area (Å²) < 4.78 is 0. The third-order valence-corrected chi connectivity index (χ3v) is 6.63. The van der Waals surface area contributed by atoms with E-state index >= 15 is 0 Å². The first-order valence-electron chi connectivity index (χ1n) is 7.69. The summed E-state index contributed by atoms with van der Waals surface area (Å²) in [6.45, 7) is 0. The molecule has 4 aliphatic rings. The maximum Gasteiger partial charge on any atom is 0.126 e. The van der Waals surface area contributed by atoms with E-state index in [4.69, 9.17) is 0 Å². The SMILES string of the molecule is N#CC1=C2SC3CCCCC3N2C2NC(C#N)C(C#N)NC12. The largest absolute Gasteiger partial charge is 0.344 e. The topological polar surface area (TPSA) is 98.7 Å². The Bertz CT molecular complexity index is 652. The number of nitrogens with one attached hydrogen (secondary N) is 2. The molecule has 6 atom stereocenters. The van der Waals surface area contributed by atoms with Gasteiger partial charge in [0.05, 0.1) is 34.9 Å². The highest BCUT2D eigenvalue weighted by atomic mass is 32.2. The van der Waals surface area contributed by atoms with Crippen LogP contribution in [0.25, 0.3) is 0 Å². The first-order chi connectivity index (χ1) is 10.8. The van der Waals surface area contributed by atoms with E-state index in [-0.39, 0.29) is 12.2 Å². The number of rotatable bonds is 0. The molecule has 1 aliphatic carbocycles. The molecule has 0 aromatic heterocycles. The number of thioether (sulfide) groups is 1. The smallest absolute Gasteiger partial charge is 0.126 e. The van der Waals surface area contributed by atoms with Crippen LogP contribution in [-0.2, 0) is 0 Å². The Morgan fingerprint density at radius 3 is 2.50 bits per heavy atom. The van der Waals surface area contributed by atoms with Crippen LogP contribution in [0.15, 0.2) is 10.6 Å². The summed E-state index contributed by atoms with van der Waals surface area (Å²) in [5, 5.41) is 36.3. The van der Waals surface area contributed by atoms with Crippen molar-refractivity contribution in [3.63, 3.8) is 0 Å². The fourth-order valence-electron chi connectivity index (χ4n) is 4.14. The molecule has 0 spiro atoms. The summed E-state index contributed by atoms with van der Waals surface area (Å²) in [7, 11) is 0. The van der Waals surface area contributed by atoms with Gasteiger partial charge in [-0.3, -0.25) is 10.6 Å². The quantitative estimate of drug-likeness (QED) is 0.681. The molecule has 0 radical (unpaired) electrons. The molecule has 112 valence electrons. The van der Waals surface area contributed by atoms with Gasteiger partial charge in [-0.15, -0.1) is 11.8 Å². The highest BCUT2D eigenvalue weighted by Gasteiger charge is 2.54. The van der Waals surface area contributed by atoms with Gasteiger partial charge in [-0.2, -0.15) is 15.8 Å². The van der Waals surface area contributed by atoms with Crippen molar-refractivity contribution in [2.24, 2.45) is 0 Å². The van der Waals surface area contributed by atoms with E-state index in [0.29, 0.717) is 11.3 Å². The van der Waals surface area contributed by atoms with E-state index in [1.807, 2.05) is 11.8 Å². The number of hydrogen-bond donors (Lipinski definition) is 2. The van der Waals surface area contributed by atoms with Gasteiger partial charge in [-0.05, 0) is 12.8 Å². The molecule has 1 saturated carbocycles. The average Bonchev–Trinajstić information content (AvgIpc) is 3.07. The zero-order chi connectivity index (χ0) is 15.3. The standard InChI is InChI=1S/C15H16N6S/c16-5-8-13-14(20-10(7-18)9(6-17)19-13)21-11-3-1-2-4-12(11)22-15(8)21/h9-14,19-20H,1-4H2. The van der Waals surface area contributed by atoms with Gasteiger partial charge >= 0.3 is 0 Å². The number of nitriles is 3. The van der Waals surface area contributed by atoms with Crippen LogP contribution in [0.2, 0.25) is 0 Å². The van der Waals surface area contributed by atoms with Crippen LogP contribution in [0.5, 0.6) is 0 Å². The maximum atomic E-state index is 9.60. The molecule has 4 rings (SSSR count). The summed E-state index contributed by atoms with van der Waals surface area (Å²) in [4.78, 5) is 2.32. The second-order valence-corrected chi connectivity index (χ2v) is 7.44. The summed E-state index contributed by atoms with van der Waals surface area (Å²) >= 11 is 1.82. The fourth-order valence-corrected chi connectivity index (χ4v) is 5.80. The molecule has 0 aromatic carbocycles. The van der Waals surface area contributed by atoms with Crippen LogP contribution >= 0.6 is 11.8 Å². The van der Waals surface area contributed by atoms with Crippen LogP contribution in [0, 0.1) is 34.0 Å². The predicted octanol–water partition coefficient (Wildman–Crippen LogP) is 0.767. The molecule has 3 aliphatic heterocycles. The Hall–Kier alpha value is -1.72. The van der Waals surface area contributed by atoms with Crippen molar-refractivity contribution >= 4 is 11.8 Å². The zero-order valence-corrected chi connectivity index (χ0v) is 12.8. The molecular formula is C15H16N6S. The maximum absolute atomic E-state index is 9.60. The van der Waals surface area contributed by atoms with E-state index in [1.54, 1.807) is 0 Å². The molecule has 0 bridgehead atoms. The van der Waals surface area contributed by atoms with E-state index in [0.717, 1.165) is 17.0 Å². The van der Waals surface area contributed by atoms with E-state index in [9.17, 15) is 15.8 Å². The molecule has 7 heteroatoms. The normalized spacial score (nSPS) is 42.7. The van der Waals surface area contributed by atoms with Gasteiger partial charge in [0.15, 0.2) is 0 Å². The minimum atomic E-state index is -0.581.